The van der Waals surface area contributed by atoms with Crippen LogP contribution in [0.2, 0.25) is 0 Å². The predicted molar refractivity (Wildman–Crippen MR) is 75.4 cm³/mol. The van der Waals surface area contributed by atoms with Gasteiger partial charge in [-0.15, -0.1) is 6.42 Å². The van der Waals surface area contributed by atoms with E-state index in [1.54, 1.807) is 13.8 Å². The molecule has 1 aliphatic heterocycles. The minimum absolute atomic E-state index is 0.0165. The van der Waals surface area contributed by atoms with Gasteiger partial charge in [-0.1, -0.05) is 12.8 Å². The summed E-state index contributed by atoms with van der Waals surface area (Å²) in [6, 6.07) is -0.300. The number of sulfone groups is 1. The molecule has 0 spiro atoms. The highest BCUT2D eigenvalue weighted by Crippen LogP contribution is 2.20. The first-order valence-electron chi connectivity index (χ1n) is 6.43. The van der Waals surface area contributed by atoms with E-state index in [0.29, 0.717) is 13.0 Å². The first-order valence-corrected chi connectivity index (χ1v) is 8.25. The molecule has 1 aliphatic rings. The monoisotopic (exact) mass is 286 g/mol. The van der Waals surface area contributed by atoms with Gasteiger partial charge in [0.25, 0.3) is 0 Å². The summed E-state index contributed by atoms with van der Waals surface area (Å²) in [5.74, 6) is 2.45. The summed E-state index contributed by atoms with van der Waals surface area (Å²) in [6.07, 6.45) is 5.78. The largest absolute Gasteiger partial charge is 0.326 e. The molecule has 1 N–H and O–H groups in total. The Hall–Kier alpha value is -1.06. The summed E-state index contributed by atoms with van der Waals surface area (Å²) in [4.78, 5) is 14.0. The Labute approximate surface area is 115 Å². The minimum Gasteiger partial charge on any atom is -0.326 e. The van der Waals surface area contributed by atoms with Gasteiger partial charge in [-0.2, -0.15) is 0 Å². The number of hydrogen-bond donors (Lipinski definition) is 1. The highest BCUT2D eigenvalue weighted by Gasteiger charge is 2.39. The van der Waals surface area contributed by atoms with Crippen molar-refractivity contribution in [1.29, 1.82) is 0 Å². The van der Waals surface area contributed by atoms with Gasteiger partial charge in [0, 0.05) is 6.04 Å². The molecule has 0 radical (unpaired) electrons. The Morgan fingerprint density at radius 3 is 2.58 bits per heavy atom. The van der Waals surface area contributed by atoms with Gasteiger partial charge in [0.05, 0.1) is 23.6 Å². The zero-order chi connectivity index (χ0) is 14.7. The van der Waals surface area contributed by atoms with E-state index in [2.05, 4.69) is 11.2 Å². The van der Waals surface area contributed by atoms with E-state index in [1.165, 1.54) is 4.90 Å². The van der Waals surface area contributed by atoms with Crippen LogP contribution in [0.5, 0.6) is 0 Å². The Bertz CT molecular complexity index is 477. The maximum Gasteiger partial charge on any atom is 0.243 e. The van der Waals surface area contributed by atoms with Crippen LogP contribution < -0.4 is 5.32 Å². The van der Waals surface area contributed by atoms with Gasteiger partial charge in [0.1, 0.15) is 0 Å². The summed E-state index contributed by atoms with van der Waals surface area (Å²) in [5, 5.41) is 3.10. The fourth-order valence-corrected chi connectivity index (χ4v) is 4.09. The topological polar surface area (TPSA) is 66.5 Å². The maximum absolute atomic E-state index is 12.5. The Morgan fingerprint density at radius 2 is 2.16 bits per heavy atom. The van der Waals surface area contributed by atoms with Crippen LogP contribution in [0.1, 0.15) is 27.2 Å². The highest BCUT2D eigenvalue weighted by molar-refractivity contribution is 7.91. The van der Waals surface area contributed by atoms with Crippen molar-refractivity contribution in [2.24, 2.45) is 0 Å². The van der Waals surface area contributed by atoms with Gasteiger partial charge in [0.2, 0.25) is 5.91 Å². The lowest BCUT2D eigenvalue weighted by Gasteiger charge is -2.34. The van der Waals surface area contributed by atoms with Crippen LogP contribution in [0.15, 0.2) is 0 Å². The van der Waals surface area contributed by atoms with E-state index in [9.17, 15) is 13.2 Å². The van der Waals surface area contributed by atoms with Gasteiger partial charge >= 0.3 is 0 Å². The normalized spacial score (nSPS) is 21.9. The molecule has 0 aromatic rings. The molecule has 1 amide bonds. The molecular formula is C13H22N2O3S. The minimum atomic E-state index is -3.03. The molecule has 1 atom stereocenters. The third-order valence-electron chi connectivity index (χ3n) is 3.33. The summed E-state index contributed by atoms with van der Waals surface area (Å²) in [6.45, 7) is 6.29. The van der Waals surface area contributed by atoms with Crippen LogP contribution in [0.3, 0.4) is 0 Å². The molecule has 1 rings (SSSR count). The zero-order valence-corrected chi connectivity index (χ0v) is 12.6. The average molecular weight is 286 g/mol. The molecule has 0 saturated carbocycles. The van der Waals surface area contributed by atoms with Crippen molar-refractivity contribution in [1.82, 2.24) is 10.2 Å². The lowest BCUT2D eigenvalue weighted by Crippen LogP contribution is -2.57. The number of nitrogens with one attached hydrogen (secondary N) is 1. The van der Waals surface area contributed by atoms with Crippen LogP contribution >= 0.6 is 0 Å². The van der Waals surface area contributed by atoms with Crippen molar-refractivity contribution in [3.8, 4) is 12.3 Å². The third-order valence-corrected chi connectivity index (χ3v) is 5.08. The molecule has 1 unspecified atom stereocenters. The van der Waals surface area contributed by atoms with E-state index in [-0.39, 0.29) is 30.0 Å². The smallest absolute Gasteiger partial charge is 0.243 e. The fourth-order valence-electron chi connectivity index (χ4n) is 2.36. The number of hydrogen-bond acceptors (Lipinski definition) is 4. The van der Waals surface area contributed by atoms with E-state index in [4.69, 9.17) is 6.42 Å². The molecule has 5 nitrogen and oxygen atoms in total. The summed E-state index contributed by atoms with van der Waals surface area (Å²) < 4.78 is 23.1. The number of terminal acetylenes is 1. The summed E-state index contributed by atoms with van der Waals surface area (Å²) >= 11 is 0. The fraction of sp³-hybridized carbons (Fsp3) is 0.769. The van der Waals surface area contributed by atoms with Gasteiger partial charge < -0.3 is 10.2 Å². The van der Waals surface area contributed by atoms with Crippen LogP contribution in [-0.2, 0) is 14.6 Å². The number of carbonyl (C=O) groups excluding carboxylic acids is 1. The highest BCUT2D eigenvalue weighted by atomic mass is 32.2. The molecule has 19 heavy (non-hydrogen) atoms. The second-order valence-electron chi connectivity index (χ2n) is 5.35. The van der Waals surface area contributed by atoms with Crippen molar-refractivity contribution < 1.29 is 13.2 Å². The van der Waals surface area contributed by atoms with Gasteiger partial charge in [-0.3, -0.25) is 4.79 Å². The van der Waals surface area contributed by atoms with Crippen LogP contribution in [0.25, 0.3) is 0 Å². The van der Waals surface area contributed by atoms with Crippen molar-refractivity contribution in [2.45, 2.75) is 38.8 Å². The van der Waals surface area contributed by atoms with Crippen molar-refractivity contribution in [2.75, 3.05) is 24.6 Å². The van der Waals surface area contributed by atoms with Crippen LogP contribution in [0.4, 0.5) is 0 Å². The molecule has 1 saturated heterocycles. The number of carbonyl (C=O) groups is 1. The van der Waals surface area contributed by atoms with E-state index >= 15 is 0 Å². The maximum atomic E-state index is 12.5. The molecular weight excluding hydrogens is 264 g/mol. The number of likely N-dealkylation sites (N-methyl/N-ethyl adjacent to an activating group) is 1. The quantitative estimate of drug-likeness (QED) is 0.724. The lowest BCUT2D eigenvalue weighted by atomic mass is 10.0. The molecule has 0 bridgehead atoms. The molecule has 108 valence electrons. The van der Waals surface area contributed by atoms with Crippen molar-refractivity contribution in [3.63, 3.8) is 0 Å². The molecule has 6 heteroatoms. The first-order chi connectivity index (χ1) is 8.73. The summed E-state index contributed by atoms with van der Waals surface area (Å²) in [7, 11) is -3.03. The Morgan fingerprint density at radius 1 is 1.53 bits per heavy atom. The zero-order valence-electron chi connectivity index (χ0n) is 11.8. The van der Waals surface area contributed by atoms with Gasteiger partial charge in [-0.05, 0) is 26.8 Å². The molecule has 0 aliphatic carbocycles. The molecule has 1 heterocycles. The number of nitrogens with zero attached hydrogens (tertiary/aromatic N) is 1. The first kappa shape index (κ1) is 16.0. The average Bonchev–Trinajstić information content (AvgIpc) is 2.65. The van der Waals surface area contributed by atoms with Crippen LogP contribution in [0, 0.1) is 12.3 Å². The van der Waals surface area contributed by atoms with E-state index < -0.39 is 15.4 Å². The molecule has 0 aromatic carbocycles. The predicted octanol–water partition coefficient (Wildman–Crippen LogP) is 0.0234. The standard InChI is InChI=1S/C13H22N2O3S/c1-5-8-15(11-7-9-19(17,18)10-11)12(16)13(3,4)14-6-2/h1,11,14H,6-10H2,2-4H3. The van der Waals surface area contributed by atoms with Crippen molar-refractivity contribution >= 4 is 15.7 Å². The summed E-state index contributed by atoms with van der Waals surface area (Å²) in [5.41, 5.74) is -0.738. The number of rotatable bonds is 5. The van der Waals surface area contributed by atoms with Crippen LogP contribution in [-0.4, -0.2) is 55.4 Å². The third kappa shape index (κ3) is 3.95. The molecule has 1 fully saturated rings. The molecule has 0 aromatic heterocycles. The Balaban J connectivity index is 2.90. The van der Waals surface area contributed by atoms with Crippen molar-refractivity contribution in [3.05, 3.63) is 0 Å². The van der Waals surface area contributed by atoms with Gasteiger partial charge in [-0.25, -0.2) is 8.42 Å². The lowest BCUT2D eigenvalue weighted by molar-refractivity contribution is -0.138. The van der Waals surface area contributed by atoms with E-state index in [1.807, 2.05) is 6.92 Å². The second-order valence-corrected chi connectivity index (χ2v) is 7.58. The number of amides is 1. The Kier molecular flexibility index (Phi) is 4.99. The SMILES string of the molecule is C#CCN(C(=O)C(C)(C)NCC)C1CCS(=O)(=O)C1. The van der Waals surface area contributed by atoms with Gasteiger partial charge in [0.15, 0.2) is 9.84 Å². The second kappa shape index (κ2) is 5.93. The van der Waals surface area contributed by atoms with E-state index in [0.717, 1.165) is 0 Å².